The van der Waals surface area contributed by atoms with Gasteiger partial charge in [0.15, 0.2) is 6.30 Å². The maximum absolute atomic E-state index is 14.3. The lowest BCUT2D eigenvalue weighted by Gasteiger charge is -2.32. The van der Waals surface area contributed by atoms with Gasteiger partial charge < -0.3 is 14.4 Å². The Morgan fingerprint density at radius 3 is 2.71 bits per heavy atom. The van der Waals surface area contributed by atoms with Crippen LogP contribution >= 0.6 is 0 Å². The molecule has 0 saturated carbocycles. The molecule has 3 heterocycles. The van der Waals surface area contributed by atoms with Crippen molar-refractivity contribution < 1.29 is 28.2 Å². The Kier molecular flexibility index (Phi) is 4.62. The second-order valence-corrected chi connectivity index (χ2v) is 7.69. The minimum atomic E-state index is -1.25. The number of fused-ring (bicyclic) bond motifs is 1. The van der Waals surface area contributed by atoms with Crippen molar-refractivity contribution in [3.8, 4) is 0 Å². The van der Waals surface area contributed by atoms with Crippen LogP contribution in [0.25, 0.3) is 0 Å². The van der Waals surface area contributed by atoms with Crippen molar-refractivity contribution >= 4 is 29.3 Å². The minimum Gasteiger partial charge on any atom is -0.439 e. The number of amides is 3. The molecule has 3 aliphatic heterocycles. The van der Waals surface area contributed by atoms with Gasteiger partial charge in [-0.25, -0.2) is 9.18 Å². The highest BCUT2D eigenvalue weighted by atomic mass is 19.1. The van der Waals surface area contributed by atoms with E-state index >= 15 is 0 Å². The summed E-state index contributed by atoms with van der Waals surface area (Å²) in [6.07, 6.45) is -2.37. The molecule has 2 atom stereocenters. The summed E-state index contributed by atoms with van der Waals surface area (Å²) >= 11 is 0. The Hall–Kier alpha value is -3.46. The summed E-state index contributed by atoms with van der Waals surface area (Å²) in [5.74, 6) is -0.870. The molecular weight excluding hydrogens is 405 g/mol. The van der Waals surface area contributed by atoms with Crippen molar-refractivity contribution in [2.24, 2.45) is 0 Å². The number of hydrogen-bond donors (Lipinski definition) is 1. The first kappa shape index (κ1) is 19.5. The molecule has 1 unspecified atom stereocenters. The first-order valence-electron chi connectivity index (χ1n) is 10.00. The van der Waals surface area contributed by atoms with E-state index in [1.54, 1.807) is 48.2 Å². The SMILES string of the molecule is Cc1c([C@@H]2CN(c3cccc(N4CCOCC4F)c3)C(=O)O2)ccc2c1C(=O)NC2=O. The van der Waals surface area contributed by atoms with E-state index in [2.05, 4.69) is 5.32 Å². The molecule has 1 N–H and O–H groups in total. The quantitative estimate of drug-likeness (QED) is 0.601. The van der Waals surface area contributed by atoms with E-state index in [1.807, 2.05) is 0 Å². The summed E-state index contributed by atoms with van der Waals surface area (Å²) in [6.45, 7) is 2.84. The van der Waals surface area contributed by atoms with E-state index in [-0.39, 0.29) is 13.2 Å². The molecular formula is C22H20FN3O5. The van der Waals surface area contributed by atoms with E-state index in [1.165, 1.54) is 4.90 Å². The Balaban J connectivity index is 1.42. The van der Waals surface area contributed by atoms with Crippen molar-refractivity contribution in [3.05, 3.63) is 58.7 Å². The zero-order valence-electron chi connectivity index (χ0n) is 16.8. The van der Waals surface area contributed by atoms with Gasteiger partial charge in [0.25, 0.3) is 11.8 Å². The fourth-order valence-corrected chi connectivity index (χ4v) is 4.33. The van der Waals surface area contributed by atoms with Crippen LogP contribution in [-0.4, -0.2) is 50.5 Å². The molecule has 0 radical (unpaired) electrons. The van der Waals surface area contributed by atoms with Gasteiger partial charge in [0, 0.05) is 17.9 Å². The van der Waals surface area contributed by atoms with Crippen LogP contribution in [0.4, 0.5) is 20.6 Å². The molecule has 2 aromatic rings. The van der Waals surface area contributed by atoms with Gasteiger partial charge in [0.1, 0.15) is 6.10 Å². The number of morpholine rings is 1. The molecule has 2 fully saturated rings. The van der Waals surface area contributed by atoms with Gasteiger partial charge in [-0.2, -0.15) is 0 Å². The molecule has 3 aliphatic rings. The van der Waals surface area contributed by atoms with E-state index < -0.39 is 30.3 Å². The topological polar surface area (TPSA) is 88.2 Å². The normalized spacial score (nSPS) is 23.1. The zero-order chi connectivity index (χ0) is 21.7. The number of nitrogens with one attached hydrogen (secondary N) is 1. The average molecular weight is 425 g/mol. The summed E-state index contributed by atoms with van der Waals surface area (Å²) in [4.78, 5) is 39.7. The third kappa shape index (κ3) is 3.21. The largest absolute Gasteiger partial charge is 0.439 e. The summed E-state index contributed by atoms with van der Waals surface area (Å²) in [6, 6.07) is 10.4. The Labute approximate surface area is 177 Å². The summed E-state index contributed by atoms with van der Waals surface area (Å²) < 4.78 is 25.0. The van der Waals surface area contributed by atoms with Crippen molar-refractivity contribution in [2.45, 2.75) is 19.3 Å². The van der Waals surface area contributed by atoms with Gasteiger partial charge >= 0.3 is 6.09 Å². The Bertz CT molecular complexity index is 1100. The number of carbonyl (C=O) groups is 3. The number of carbonyl (C=O) groups excluding carboxylic acids is 3. The molecule has 0 spiro atoms. The predicted molar refractivity (Wildman–Crippen MR) is 109 cm³/mol. The van der Waals surface area contributed by atoms with Gasteiger partial charge in [-0.05, 0) is 42.3 Å². The van der Waals surface area contributed by atoms with Crippen molar-refractivity contribution in [1.29, 1.82) is 0 Å². The van der Waals surface area contributed by atoms with Gasteiger partial charge in [-0.15, -0.1) is 0 Å². The van der Waals surface area contributed by atoms with E-state index in [9.17, 15) is 18.8 Å². The van der Waals surface area contributed by atoms with Crippen LogP contribution in [0.5, 0.6) is 0 Å². The lowest BCUT2D eigenvalue weighted by atomic mass is 9.95. The smallest absolute Gasteiger partial charge is 0.415 e. The summed E-state index contributed by atoms with van der Waals surface area (Å²) in [7, 11) is 0. The summed E-state index contributed by atoms with van der Waals surface area (Å²) in [5.41, 5.74) is 3.19. The number of benzene rings is 2. The maximum Gasteiger partial charge on any atom is 0.415 e. The molecule has 2 saturated heterocycles. The van der Waals surface area contributed by atoms with E-state index in [0.29, 0.717) is 46.8 Å². The predicted octanol–water partition coefficient (Wildman–Crippen LogP) is 2.71. The standard InChI is InChI=1S/C22H20FN3O5/c1-12-15(5-6-16-19(12)21(28)24-20(16)27)17-10-26(22(29)31-17)14-4-2-3-13(9-14)25-7-8-30-11-18(25)23/h2-6,9,17-18H,7-8,10-11H2,1H3,(H,24,27,28)/t17-,18?/m0/s1. The molecule has 0 aromatic heterocycles. The Morgan fingerprint density at radius 2 is 1.90 bits per heavy atom. The molecule has 3 amide bonds. The van der Waals surface area contributed by atoms with Crippen molar-refractivity contribution in [3.63, 3.8) is 0 Å². The van der Waals surface area contributed by atoms with E-state index in [0.717, 1.165) is 0 Å². The average Bonchev–Trinajstić information content (AvgIpc) is 3.28. The molecule has 5 rings (SSSR count). The van der Waals surface area contributed by atoms with Crippen LogP contribution in [0.2, 0.25) is 0 Å². The molecule has 0 bridgehead atoms. The number of halogens is 1. The second-order valence-electron chi connectivity index (χ2n) is 7.69. The number of cyclic esters (lactones) is 1. The summed E-state index contributed by atoms with van der Waals surface area (Å²) in [5, 5.41) is 2.28. The van der Waals surface area contributed by atoms with Gasteiger partial charge in [-0.3, -0.25) is 19.8 Å². The number of rotatable bonds is 3. The van der Waals surface area contributed by atoms with Crippen molar-refractivity contribution in [1.82, 2.24) is 5.32 Å². The monoisotopic (exact) mass is 425 g/mol. The van der Waals surface area contributed by atoms with Crippen LogP contribution in [0.15, 0.2) is 36.4 Å². The minimum absolute atomic E-state index is 0.00570. The zero-order valence-corrected chi connectivity index (χ0v) is 16.8. The van der Waals surface area contributed by atoms with Crippen LogP contribution < -0.4 is 15.1 Å². The fraction of sp³-hybridized carbons (Fsp3) is 0.318. The van der Waals surface area contributed by atoms with Crippen LogP contribution in [-0.2, 0) is 9.47 Å². The molecule has 31 heavy (non-hydrogen) atoms. The number of alkyl halides is 1. The van der Waals surface area contributed by atoms with Crippen LogP contribution in [0, 0.1) is 6.92 Å². The third-order valence-electron chi connectivity index (χ3n) is 5.91. The molecule has 9 heteroatoms. The Morgan fingerprint density at radius 1 is 1.10 bits per heavy atom. The highest BCUT2D eigenvalue weighted by molar-refractivity contribution is 6.22. The number of ether oxygens (including phenoxy) is 2. The fourth-order valence-electron chi connectivity index (χ4n) is 4.33. The van der Waals surface area contributed by atoms with Gasteiger partial charge in [0.05, 0.1) is 30.9 Å². The highest BCUT2D eigenvalue weighted by Crippen LogP contribution is 2.36. The lowest BCUT2D eigenvalue weighted by Crippen LogP contribution is -2.42. The second kappa shape index (κ2) is 7.35. The van der Waals surface area contributed by atoms with Gasteiger partial charge in [0.2, 0.25) is 0 Å². The lowest BCUT2D eigenvalue weighted by molar-refractivity contribution is 0.0497. The first-order chi connectivity index (χ1) is 14.9. The van der Waals surface area contributed by atoms with Crippen molar-refractivity contribution in [2.75, 3.05) is 36.1 Å². The third-order valence-corrected chi connectivity index (χ3v) is 5.91. The van der Waals surface area contributed by atoms with Crippen LogP contribution in [0.3, 0.4) is 0 Å². The number of hydrogen-bond acceptors (Lipinski definition) is 6. The van der Waals surface area contributed by atoms with Crippen LogP contribution in [0.1, 0.15) is 37.9 Å². The molecule has 2 aromatic carbocycles. The van der Waals surface area contributed by atoms with Gasteiger partial charge in [-0.1, -0.05) is 12.1 Å². The number of anilines is 2. The molecule has 160 valence electrons. The molecule has 0 aliphatic carbocycles. The number of nitrogens with zero attached hydrogens (tertiary/aromatic N) is 2. The number of imide groups is 1. The molecule has 8 nitrogen and oxygen atoms in total. The van der Waals surface area contributed by atoms with E-state index in [4.69, 9.17) is 9.47 Å². The first-order valence-corrected chi connectivity index (χ1v) is 10.00. The highest BCUT2D eigenvalue weighted by Gasteiger charge is 2.37. The maximum atomic E-state index is 14.3.